The Kier molecular flexibility index (Phi) is 7.28. The molecule has 0 saturated carbocycles. The Balaban J connectivity index is 2.51. The molecule has 0 unspecified atom stereocenters. The van der Waals surface area contributed by atoms with Gasteiger partial charge in [0.2, 0.25) is 0 Å². The first kappa shape index (κ1) is 19.5. The summed E-state index contributed by atoms with van der Waals surface area (Å²) < 4.78 is 14.4. The van der Waals surface area contributed by atoms with E-state index in [4.69, 9.17) is 25.1 Å². The summed E-state index contributed by atoms with van der Waals surface area (Å²) >= 11 is 0. The summed E-state index contributed by atoms with van der Waals surface area (Å²) in [6, 6.07) is 9.18. The summed E-state index contributed by atoms with van der Waals surface area (Å²) in [6.07, 6.45) is 1.43. The number of allylic oxidation sites excluding steroid dienone is 1. The third-order valence-electron chi connectivity index (χ3n) is 2.59. The van der Waals surface area contributed by atoms with Gasteiger partial charge >= 0.3 is 13.8 Å². The number of hydroxylamine groups is 1. The van der Waals surface area contributed by atoms with Gasteiger partial charge in [-0.2, -0.15) is 16.0 Å². The Morgan fingerprint density at radius 3 is 2.42 bits per heavy atom. The van der Waals surface area contributed by atoms with E-state index in [1.54, 1.807) is 36.4 Å². The lowest BCUT2D eigenvalue weighted by Crippen LogP contribution is -2.34. The van der Waals surface area contributed by atoms with Crippen LogP contribution < -0.4 is 5.48 Å². The number of hydrogen-bond donors (Lipinski definition) is 3. The zero-order valence-electron chi connectivity index (χ0n) is 12.5. The van der Waals surface area contributed by atoms with Crippen molar-refractivity contribution in [3.63, 3.8) is 0 Å². The average molecular weight is 351 g/mol. The first-order valence-corrected chi connectivity index (χ1v) is 8.05. The van der Waals surface area contributed by atoms with Gasteiger partial charge in [0.15, 0.2) is 0 Å². The molecule has 0 saturated heterocycles. The SMILES string of the molecule is C[C@H](NOCc1ccc(C=C(C#N)C#N)cc1)C(=O)OP(=O)(O)O. The first-order chi connectivity index (χ1) is 11.2. The quantitative estimate of drug-likeness (QED) is 0.373. The van der Waals surface area contributed by atoms with Crippen molar-refractivity contribution in [2.75, 3.05) is 0 Å². The van der Waals surface area contributed by atoms with Crippen LogP contribution >= 0.6 is 7.82 Å². The van der Waals surface area contributed by atoms with Gasteiger partial charge in [0.1, 0.15) is 23.8 Å². The molecule has 0 aliphatic rings. The highest BCUT2D eigenvalue weighted by Crippen LogP contribution is 2.36. The molecule has 0 bridgehead atoms. The molecule has 0 radical (unpaired) electrons. The number of phosphoric ester groups is 1. The van der Waals surface area contributed by atoms with Crippen LogP contribution in [0.4, 0.5) is 0 Å². The van der Waals surface area contributed by atoms with E-state index in [0.29, 0.717) is 5.56 Å². The number of benzene rings is 1. The number of carbonyl (C=O) groups is 1. The number of rotatable bonds is 7. The fourth-order valence-corrected chi connectivity index (χ4v) is 1.85. The van der Waals surface area contributed by atoms with E-state index in [1.807, 2.05) is 0 Å². The lowest BCUT2D eigenvalue weighted by Gasteiger charge is -2.13. The standard InChI is InChI=1S/C14H14N3O6P/c1-10(14(18)23-24(19,20)21)17-22-9-12-4-2-11(3-5-12)6-13(7-15)8-16/h2-6,10,17H,9H2,1H3,(H2,19,20,21)/t10-/m0/s1. The van der Waals surface area contributed by atoms with Crippen LogP contribution in [0.25, 0.3) is 6.08 Å². The van der Waals surface area contributed by atoms with Crippen molar-refractivity contribution in [2.45, 2.75) is 19.6 Å². The smallest absolute Gasteiger partial charge is 0.369 e. The van der Waals surface area contributed by atoms with Gasteiger partial charge in [0.05, 0.1) is 6.61 Å². The molecule has 0 heterocycles. The molecule has 0 amide bonds. The highest BCUT2D eigenvalue weighted by Gasteiger charge is 2.24. The number of hydrogen-bond acceptors (Lipinski definition) is 7. The van der Waals surface area contributed by atoms with Crippen LogP contribution in [0.5, 0.6) is 0 Å². The van der Waals surface area contributed by atoms with Crippen molar-refractivity contribution >= 4 is 19.9 Å². The molecule has 1 rings (SSSR count). The van der Waals surface area contributed by atoms with Crippen LogP contribution in [0, 0.1) is 22.7 Å². The summed E-state index contributed by atoms with van der Waals surface area (Å²) in [4.78, 5) is 33.4. The zero-order chi connectivity index (χ0) is 18.2. The second-order valence-corrected chi connectivity index (χ2v) is 5.72. The second kappa shape index (κ2) is 8.94. The van der Waals surface area contributed by atoms with Crippen molar-refractivity contribution in [3.8, 4) is 12.1 Å². The molecular weight excluding hydrogens is 337 g/mol. The molecule has 0 spiro atoms. The monoisotopic (exact) mass is 351 g/mol. The minimum atomic E-state index is -4.89. The maximum atomic E-state index is 11.3. The van der Waals surface area contributed by atoms with E-state index in [2.05, 4.69) is 10.0 Å². The van der Waals surface area contributed by atoms with E-state index in [0.717, 1.165) is 5.56 Å². The van der Waals surface area contributed by atoms with Crippen molar-refractivity contribution in [1.82, 2.24) is 5.48 Å². The third kappa shape index (κ3) is 7.16. The van der Waals surface area contributed by atoms with Gasteiger partial charge in [-0.05, 0) is 24.1 Å². The van der Waals surface area contributed by atoms with Crippen LogP contribution in [0.15, 0.2) is 29.8 Å². The number of carbonyl (C=O) groups excluding carboxylic acids is 1. The molecule has 1 aromatic rings. The molecule has 9 nitrogen and oxygen atoms in total. The number of phosphoric acid groups is 1. The normalized spacial score (nSPS) is 11.7. The van der Waals surface area contributed by atoms with E-state index in [-0.39, 0.29) is 12.2 Å². The maximum Gasteiger partial charge on any atom is 0.527 e. The molecule has 10 heteroatoms. The van der Waals surface area contributed by atoms with Gasteiger partial charge in [-0.25, -0.2) is 9.36 Å². The predicted molar refractivity (Wildman–Crippen MR) is 81.2 cm³/mol. The van der Waals surface area contributed by atoms with Crippen LogP contribution in [0.1, 0.15) is 18.1 Å². The Hall–Kier alpha value is -2.52. The molecule has 24 heavy (non-hydrogen) atoms. The molecular formula is C14H14N3O6P. The zero-order valence-corrected chi connectivity index (χ0v) is 13.4. The molecule has 0 aliphatic carbocycles. The number of nitrogens with zero attached hydrogens (tertiary/aromatic N) is 2. The maximum absolute atomic E-state index is 11.3. The van der Waals surface area contributed by atoms with Gasteiger partial charge in [0, 0.05) is 0 Å². The summed E-state index contributed by atoms with van der Waals surface area (Å²) in [6.45, 7) is 1.39. The molecule has 3 N–H and O–H groups in total. The second-order valence-electron chi connectivity index (χ2n) is 4.55. The van der Waals surface area contributed by atoms with Crippen molar-refractivity contribution in [1.29, 1.82) is 10.5 Å². The lowest BCUT2D eigenvalue weighted by molar-refractivity contribution is -0.142. The fraction of sp³-hybridized carbons (Fsp3) is 0.214. The highest BCUT2D eigenvalue weighted by atomic mass is 31.2. The van der Waals surface area contributed by atoms with Gasteiger partial charge < -0.3 is 4.52 Å². The first-order valence-electron chi connectivity index (χ1n) is 6.52. The van der Waals surface area contributed by atoms with Gasteiger partial charge in [-0.15, -0.1) is 0 Å². The van der Waals surface area contributed by atoms with Crippen LogP contribution in [-0.2, 0) is 25.3 Å². The molecule has 0 fully saturated rings. The third-order valence-corrected chi connectivity index (χ3v) is 3.01. The minimum absolute atomic E-state index is 0.0157. The number of nitrogens with one attached hydrogen (secondary N) is 1. The number of nitriles is 2. The predicted octanol–water partition coefficient (Wildman–Crippen LogP) is 1.16. The van der Waals surface area contributed by atoms with Gasteiger partial charge in [-0.3, -0.25) is 14.6 Å². The highest BCUT2D eigenvalue weighted by molar-refractivity contribution is 7.46. The molecule has 0 aromatic heterocycles. The summed E-state index contributed by atoms with van der Waals surface area (Å²) in [5.74, 6) is -1.15. The van der Waals surface area contributed by atoms with Crippen molar-refractivity contribution in [3.05, 3.63) is 41.0 Å². The summed E-state index contributed by atoms with van der Waals surface area (Å²) in [5.41, 5.74) is 3.68. The fourth-order valence-electron chi connectivity index (χ4n) is 1.46. The van der Waals surface area contributed by atoms with E-state index < -0.39 is 19.8 Å². The summed E-state index contributed by atoms with van der Waals surface area (Å²) in [5, 5.41) is 17.3. The van der Waals surface area contributed by atoms with Crippen LogP contribution in [0.3, 0.4) is 0 Å². The topological polar surface area (TPSA) is 153 Å². The Morgan fingerprint density at radius 1 is 1.33 bits per heavy atom. The minimum Gasteiger partial charge on any atom is -0.369 e. The Morgan fingerprint density at radius 2 is 1.92 bits per heavy atom. The van der Waals surface area contributed by atoms with Crippen LogP contribution in [-0.4, -0.2) is 21.8 Å². The van der Waals surface area contributed by atoms with Gasteiger partial charge in [-0.1, -0.05) is 24.3 Å². The van der Waals surface area contributed by atoms with Crippen LogP contribution in [0.2, 0.25) is 0 Å². The molecule has 1 aromatic carbocycles. The molecule has 126 valence electrons. The Labute approximate surface area is 137 Å². The van der Waals surface area contributed by atoms with Crippen molar-refractivity contribution < 1.29 is 28.5 Å². The van der Waals surface area contributed by atoms with Crippen molar-refractivity contribution in [2.24, 2.45) is 0 Å². The molecule has 1 atom stereocenters. The lowest BCUT2D eigenvalue weighted by atomic mass is 10.1. The Bertz CT molecular complexity index is 725. The van der Waals surface area contributed by atoms with E-state index in [1.165, 1.54) is 13.0 Å². The summed E-state index contributed by atoms with van der Waals surface area (Å²) in [7, 11) is -4.89. The van der Waals surface area contributed by atoms with E-state index in [9.17, 15) is 9.36 Å². The largest absolute Gasteiger partial charge is 0.527 e. The molecule has 0 aliphatic heterocycles. The average Bonchev–Trinajstić information content (AvgIpc) is 2.52. The van der Waals surface area contributed by atoms with Gasteiger partial charge in [0.25, 0.3) is 0 Å². The van der Waals surface area contributed by atoms with E-state index >= 15 is 0 Å².